The number of carbonyl (C=O) groups excluding carboxylic acids is 2. The maximum Gasteiger partial charge on any atom is 0.339 e. The van der Waals surface area contributed by atoms with Gasteiger partial charge < -0.3 is 15.4 Å². The van der Waals surface area contributed by atoms with Crippen LogP contribution in [0.25, 0.3) is 0 Å². The number of methoxy groups -OCH3 is 1. The average molecular weight is 376 g/mol. The minimum Gasteiger partial charge on any atom is -0.465 e. The van der Waals surface area contributed by atoms with E-state index in [1.165, 1.54) is 19.5 Å². The van der Waals surface area contributed by atoms with Gasteiger partial charge >= 0.3 is 5.97 Å². The number of rotatable bonds is 7. The standard InChI is InChI=1S/C21H20N4O3/c1-28-21(27)16-9-5-6-10-17(16)25-19-14-23-18(13-24-19)20(26)22-12-11-15-7-3-2-4-8-15/h2-10,13-14H,11-12H2,1H3,(H,22,26)(H,24,25). The van der Waals surface area contributed by atoms with Crippen LogP contribution in [0.2, 0.25) is 0 Å². The summed E-state index contributed by atoms with van der Waals surface area (Å²) in [6, 6.07) is 16.8. The Morgan fingerprint density at radius 3 is 2.43 bits per heavy atom. The van der Waals surface area contributed by atoms with Gasteiger partial charge in [-0.25, -0.2) is 14.8 Å². The Morgan fingerprint density at radius 2 is 1.71 bits per heavy atom. The van der Waals surface area contributed by atoms with Crippen LogP contribution in [0.5, 0.6) is 0 Å². The zero-order valence-corrected chi connectivity index (χ0v) is 15.4. The second-order valence-electron chi connectivity index (χ2n) is 5.94. The molecule has 7 heteroatoms. The first-order valence-electron chi connectivity index (χ1n) is 8.76. The highest BCUT2D eigenvalue weighted by Gasteiger charge is 2.12. The maximum atomic E-state index is 12.2. The Labute approximate surface area is 162 Å². The molecule has 3 rings (SSSR count). The van der Waals surface area contributed by atoms with Crippen LogP contribution in [0.15, 0.2) is 67.0 Å². The minimum absolute atomic E-state index is 0.222. The molecule has 3 aromatic rings. The van der Waals surface area contributed by atoms with Gasteiger partial charge in [0.05, 0.1) is 30.8 Å². The predicted octanol–water partition coefficient (Wildman–Crippen LogP) is 2.98. The fraction of sp³-hybridized carbons (Fsp3) is 0.143. The van der Waals surface area contributed by atoms with Crippen molar-refractivity contribution in [3.05, 3.63) is 83.8 Å². The number of amides is 1. The highest BCUT2D eigenvalue weighted by Crippen LogP contribution is 2.19. The number of nitrogens with zero attached hydrogens (tertiary/aromatic N) is 2. The van der Waals surface area contributed by atoms with Gasteiger partial charge in [-0.05, 0) is 24.1 Å². The molecule has 1 amide bonds. The molecule has 28 heavy (non-hydrogen) atoms. The molecule has 0 aliphatic rings. The lowest BCUT2D eigenvalue weighted by atomic mass is 10.1. The number of anilines is 2. The van der Waals surface area contributed by atoms with Crippen LogP contribution < -0.4 is 10.6 Å². The number of carbonyl (C=O) groups is 2. The zero-order valence-electron chi connectivity index (χ0n) is 15.4. The smallest absolute Gasteiger partial charge is 0.339 e. The number of benzene rings is 2. The van der Waals surface area contributed by atoms with Gasteiger partial charge in [-0.15, -0.1) is 0 Å². The predicted molar refractivity (Wildman–Crippen MR) is 106 cm³/mol. The SMILES string of the molecule is COC(=O)c1ccccc1Nc1cnc(C(=O)NCCc2ccccc2)cn1. The second kappa shape index (κ2) is 9.27. The van der Waals surface area contributed by atoms with Gasteiger partial charge in [0.25, 0.3) is 5.91 Å². The van der Waals surface area contributed by atoms with E-state index in [-0.39, 0.29) is 11.6 Å². The molecule has 0 bridgehead atoms. The Bertz CT molecular complexity index is 943. The van der Waals surface area contributed by atoms with Gasteiger partial charge in [0, 0.05) is 6.54 Å². The molecule has 0 aliphatic heterocycles. The number of ether oxygens (including phenoxy) is 1. The molecule has 0 fully saturated rings. The number of para-hydroxylation sites is 1. The van der Waals surface area contributed by atoms with Crippen LogP contribution in [0.4, 0.5) is 11.5 Å². The van der Waals surface area contributed by atoms with Crippen LogP contribution in [0, 0.1) is 0 Å². The van der Waals surface area contributed by atoms with E-state index in [0.29, 0.717) is 23.6 Å². The van der Waals surface area contributed by atoms with Crippen molar-refractivity contribution in [3.63, 3.8) is 0 Å². The van der Waals surface area contributed by atoms with Crippen LogP contribution >= 0.6 is 0 Å². The summed E-state index contributed by atoms with van der Waals surface area (Å²) >= 11 is 0. The molecule has 0 radical (unpaired) electrons. The van der Waals surface area contributed by atoms with Crippen molar-refractivity contribution in [2.75, 3.05) is 19.0 Å². The van der Waals surface area contributed by atoms with Crippen LogP contribution in [-0.2, 0) is 11.2 Å². The van der Waals surface area contributed by atoms with Gasteiger partial charge in [0.15, 0.2) is 0 Å². The largest absolute Gasteiger partial charge is 0.465 e. The van der Waals surface area contributed by atoms with Crippen molar-refractivity contribution in [2.45, 2.75) is 6.42 Å². The van der Waals surface area contributed by atoms with E-state index in [2.05, 4.69) is 20.6 Å². The summed E-state index contributed by atoms with van der Waals surface area (Å²) in [5.41, 5.74) is 2.30. The molecular weight excluding hydrogens is 356 g/mol. The third kappa shape index (κ3) is 4.91. The van der Waals surface area contributed by atoms with E-state index in [1.54, 1.807) is 24.3 Å². The number of hydrogen-bond acceptors (Lipinski definition) is 6. The van der Waals surface area contributed by atoms with Crippen molar-refractivity contribution in [1.29, 1.82) is 0 Å². The van der Waals surface area contributed by atoms with Gasteiger partial charge in [-0.3, -0.25) is 4.79 Å². The van der Waals surface area contributed by atoms with Gasteiger partial charge in [0.1, 0.15) is 11.5 Å². The summed E-state index contributed by atoms with van der Waals surface area (Å²) in [7, 11) is 1.32. The molecule has 0 atom stereocenters. The average Bonchev–Trinajstić information content (AvgIpc) is 2.75. The van der Waals surface area contributed by atoms with Crippen molar-refractivity contribution < 1.29 is 14.3 Å². The first-order valence-corrected chi connectivity index (χ1v) is 8.76. The highest BCUT2D eigenvalue weighted by molar-refractivity contribution is 5.96. The lowest BCUT2D eigenvalue weighted by Gasteiger charge is -2.10. The molecule has 7 nitrogen and oxygen atoms in total. The summed E-state index contributed by atoms with van der Waals surface area (Å²) in [5, 5.41) is 5.84. The molecule has 0 aliphatic carbocycles. The Balaban J connectivity index is 1.59. The summed E-state index contributed by atoms with van der Waals surface area (Å²) < 4.78 is 4.77. The Kier molecular flexibility index (Phi) is 6.30. The van der Waals surface area contributed by atoms with Crippen LogP contribution in [-0.4, -0.2) is 35.5 Å². The van der Waals surface area contributed by atoms with E-state index < -0.39 is 5.97 Å². The van der Waals surface area contributed by atoms with Crippen molar-refractivity contribution in [3.8, 4) is 0 Å². The quantitative estimate of drug-likeness (QED) is 0.616. The van der Waals surface area contributed by atoms with E-state index in [9.17, 15) is 9.59 Å². The number of nitrogens with one attached hydrogen (secondary N) is 2. The van der Waals surface area contributed by atoms with Crippen molar-refractivity contribution in [1.82, 2.24) is 15.3 Å². The normalized spacial score (nSPS) is 10.2. The molecular formula is C21H20N4O3. The second-order valence-corrected chi connectivity index (χ2v) is 5.94. The van der Waals surface area contributed by atoms with Gasteiger partial charge in [-0.1, -0.05) is 42.5 Å². The minimum atomic E-state index is -0.453. The number of aromatic nitrogens is 2. The van der Waals surface area contributed by atoms with Crippen molar-refractivity contribution in [2.24, 2.45) is 0 Å². The molecule has 0 spiro atoms. The summed E-state index contributed by atoms with van der Waals surface area (Å²) in [5.74, 6) is -0.326. The van der Waals surface area contributed by atoms with E-state index in [4.69, 9.17) is 4.74 Å². The molecule has 0 saturated carbocycles. The van der Waals surface area contributed by atoms with Crippen LogP contribution in [0.3, 0.4) is 0 Å². The monoisotopic (exact) mass is 376 g/mol. The lowest BCUT2D eigenvalue weighted by Crippen LogP contribution is -2.26. The van der Waals surface area contributed by atoms with Gasteiger partial charge in [-0.2, -0.15) is 0 Å². The maximum absolute atomic E-state index is 12.2. The molecule has 2 aromatic carbocycles. The third-order valence-electron chi connectivity index (χ3n) is 4.02. The Morgan fingerprint density at radius 1 is 0.964 bits per heavy atom. The molecule has 0 saturated heterocycles. The lowest BCUT2D eigenvalue weighted by molar-refractivity contribution is 0.0601. The summed E-state index contributed by atoms with van der Waals surface area (Å²) in [4.78, 5) is 32.4. The molecule has 142 valence electrons. The number of hydrogen-bond donors (Lipinski definition) is 2. The molecule has 0 unspecified atom stereocenters. The first kappa shape index (κ1) is 19.0. The van der Waals surface area contributed by atoms with E-state index in [1.807, 2.05) is 30.3 Å². The first-order chi connectivity index (χ1) is 13.7. The Hall–Kier alpha value is -3.74. The fourth-order valence-corrected chi connectivity index (χ4v) is 2.58. The van der Waals surface area contributed by atoms with Crippen molar-refractivity contribution >= 4 is 23.4 Å². The number of esters is 1. The molecule has 1 heterocycles. The fourth-order valence-electron chi connectivity index (χ4n) is 2.58. The van der Waals surface area contributed by atoms with Crippen LogP contribution in [0.1, 0.15) is 26.4 Å². The summed E-state index contributed by atoms with van der Waals surface area (Å²) in [6.45, 7) is 0.511. The molecule has 2 N–H and O–H groups in total. The third-order valence-corrected chi connectivity index (χ3v) is 4.02. The zero-order chi connectivity index (χ0) is 19.8. The highest BCUT2D eigenvalue weighted by atomic mass is 16.5. The molecule has 1 aromatic heterocycles. The van der Waals surface area contributed by atoms with E-state index >= 15 is 0 Å². The topological polar surface area (TPSA) is 93.2 Å². The van der Waals surface area contributed by atoms with Gasteiger partial charge in [0.2, 0.25) is 0 Å². The van der Waals surface area contributed by atoms with E-state index in [0.717, 1.165) is 12.0 Å². The summed E-state index contributed by atoms with van der Waals surface area (Å²) in [6.07, 6.45) is 3.57.